The van der Waals surface area contributed by atoms with Gasteiger partial charge in [0.05, 0.1) is 13.1 Å². The Morgan fingerprint density at radius 2 is 0.836 bits per heavy atom. The fraction of sp³-hybridized carbons (Fsp3) is 0.875. The van der Waals surface area contributed by atoms with E-state index in [4.69, 9.17) is 14.2 Å². The van der Waals surface area contributed by atoms with Crippen LogP contribution in [0.15, 0.2) is 0 Å². The van der Waals surface area contributed by atoms with E-state index in [-0.39, 0.29) is 50.5 Å². The Hall–Kier alpha value is -2.83. The summed E-state index contributed by atoms with van der Waals surface area (Å²) in [6, 6.07) is 0. The Morgan fingerprint density at radius 3 is 1.26 bits per heavy atom. The molecule has 0 spiro atoms. The first-order valence-corrected chi connectivity index (χ1v) is 25.5. The fourth-order valence-electron chi connectivity index (χ4n) is 6.69. The molecule has 0 aliphatic heterocycles. The first-order chi connectivity index (χ1) is 29.4. The van der Waals surface area contributed by atoms with Crippen molar-refractivity contribution in [2.24, 2.45) is 0 Å². The lowest BCUT2D eigenvalue weighted by Gasteiger charge is -2.19. The number of nitrogens with one attached hydrogen (secondary N) is 3. The molecule has 0 radical (unpaired) electrons. The van der Waals surface area contributed by atoms with Crippen LogP contribution in [0.25, 0.3) is 0 Å². The number of carbonyl (C=O) groups excluding carboxylic acids is 6. The van der Waals surface area contributed by atoms with Gasteiger partial charge in [0.2, 0.25) is 17.7 Å². The van der Waals surface area contributed by atoms with Crippen LogP contribution in [0.1, 0.15) is 221 Å². The molecule has 0 rings (SSSR count). The van der Waals surface area contributed by atoms with Crippen LogP contribution in [-0.4, -0.2) is 85.1 Å². The molecule has 0 aliphatic carbocycles. The second kappa shape index (κ2) is 41.2. The number of hydrogen-bond donors (Lipinski definition) is 3. The van der Waals surface area contributed by atoms with Gasteiger partial charge in [-0.05, 0) is 33.6 Å². The molecule has 13 heteroatoms. The molecule has 0 saturated heterocycles. The van der Waals surface area contributed by atoms with Crippen molar-refractivity contribution < 1.29 is 43.0 Å². The van der Waals surface area contributed by atoms with Crippen LogP contribution in [0.5, 0.6) is 0 Å². The van der Waals surface area contributed by atoms with E-state index in [1.807, 2.05) is 0 Å². The number of rotatable bonds is 42. The molecule has 356 valence electrons. The molecule has 3 N–H and O–H groups in total. The second-order valence-corrected chi connectivity index (χ2v) is 18.7. The number of carbonyl (C=O) groups is 6. The minimum atomic E-state index is -0.674. The minimum Gasteiger partial charge on any atom is -0.462 e. The van der Waals surface area contributed by atoms with Gasteiger partial charge >= 0.3 is 17.9 Å². The molecule has 0 aromatic heterocycles. The zero-order valence-electron chi connectivity index (χ0n) is 39.4. The van der Waals surface area contributed by atoms with Crippen molar-refractivity contribution in [1.29, 1.82) is 0 Å². The molecule has 12 nitrogen and oxygen atoms in total. The van der Waals surface area contributed by atoms with Crippen LogP contribution in [0.3, 0.4) is 0 Å². The topological polar surface area (TPSA) is 166 Å². The molecule has 1 unspecified atom stereocenters. The van der Waals surface area contributed by atoms with Gasteiger partial charge in [-0.3, -0.25) is 28.8 Å². The molecule has 1 atom stereocenters. The molecule has 0 bridgehead atoms. The molecule has 3 amide bonds. The van der Waals surface area contributed by atoms with Crippen molar-refractivity contribution in [3.63, 3.8) is 0 Å². The molecule has 0 aromatic rings. The van der Waals surface area contributed by atoms with Gasteiger partial charge in [-0.1, -0.05) is 168 Å². The predicted molar refractivity (Wildman–Crippen MR) is 248 cm³/mol. The smallest absolute Gasteiger partial charge is 0.325 e. The van der Waals surface area contributed by atoms with Crippen LogP contribution >= 0.6 is 11.8 Å². The van der Waals surface area contributed by atoms with E-state index in [0.717, 1.165) is 38.5 Å². The molecule has 0 saturated carbocycles. The second-order valence-electron chi connectivity index (χ2n) is 17.5. The molecular formula is C48H89N3O9S. The van der Waals surface area contributed by atoms with E-state index in [1.165, 1.54) is 140 Å². The third kappa shape index (κ3) is 43.6. The zero-order valence-corrected chi connectivity index (χ0v) is 40.2. The summed E-state index contributed by atoms with van der Waals surface area (Å²) in [7, 11) is 0. The normalized spacial score (nSPS) is 11.8. The highest BCUT2D eigenvalue weighted by atomic mass is 32.2. The van der Waals surface area contributed by atoms with E-state index >= 15 is 0 Å². The average molecular weight is 884 g/mol. The zero-order chi connectivity index (χ0) is 45.2. The molecular weight excluding hydrogens is 795 g/mol. The van der Waals surface area contributed by atoms with E-state index in [1.54, 1.807) is 20.8 Å². The van der Waals surface area contributed by atoms with Crippen molar-refractivity contribution in [2.45, 2.75) is 233 Å². The van der Waals surface area contributed by atoms with Gasteiger partial charge in [0.1, 0.15) is 24.9 Å². The quantitative estimate of drug-likeness (QED) is 0.0305. The van der Waals surface area contributed by atoms with Crippen LogP contribution in [0.2, 0.25) is 0 Å². The van der Waals surface area contributed by atoms with E-state index < -0.39 is 29.5 Å². The summed E-state index contributed by atoms with van der Waals surface area (Å²) in [5.41, 5.74) is -0.674. The average Bonchev–Trinajstić information content (AvgIpc) is 3.21. The number of unbranched alkanes of at least 4 members (excludes halogenated alkanes) is 24. The van der Waals surface area contributed by atoms with Crippen LogP contribution in [0, 0.1) is 0 Å². The Morgan fingerprint density at radius 1 is 0.459 bits per heavy atom. The van der Waals surface area contributed by atoms with E-state index in [0.29, 0.717) is 24.3 Å². The van der Waals surface area contributed by atoms with Crippen molar-refractivity contribution in [2.75, 3.05) is 37.7 Å². The number of thioether (sulfide) groups is 1. The largest absolute Gasteiger partial charge is 0.462 e. The summed E-state index contributed by atoms with van der Waals surface area (Å²) in [6.07, 6.45) is 32.1. The third-order valence-corrected chi connectivity index (χ3v) is 11.3. The Bertz CT molecular complexity index is 1150. The maximum absolute atomic E-state index is 12.8. The maximum atomic E-state index is 12.8. The molecule has 61 heavy (non-hydrogen) atoms. The minimum absolute atomic E-state index is 0.0215. The summed E-state index contributed by atoms with van der Waals surface area (Å²) in [6.45, 7) is 8.66. The summed E-state index contributed by atoms with van der Waals surface area (Å²) in [4.78, 5) is 73.6. The van der Waals surface area contributed by atoms with Crippen LogP contribution in [0.4, 0.5) is 0 Å². The first-order valence-electron chi connectivity index (χ1n) is 24.3. The number of amides is 3. The highest BCUT2D eigenvalue weighted by molar-refractivity contribution is 7.99. The SMILES string of the molecule is CCCCCCCCCCCCCCCC(=O)OCC(CSCCC(=O)NCC(=O)NCC(=O)NCC(=O)OC(C)(C)C)OC(=O)CCCCCCCCCCCCCCC. The van der Waals surface area contributed by atoms with Gasteiger partial charge in [0, 0.05) is 30.8 Å². The van der Waals surface area contributed by atoms with Crippen molar-refractivity contribution in [3.8, 4) is 0 Å². The van der Waals surface area contributed by atoms with E-state index in [2.05, 4.69) is 29.8 Å². The van der Waals surface area contributed by atoms with Gasteiger partial charge in [-0.25, -0.2) is 0 Å². The van der Waals surface area contributed by atoms with Crippen LogP contribution < -0.4 is 16.0 Å². The molecule has 0 aliphatic rings. The number of esters is 3. The Labute approximate surface area is 375 Å². The Kier molecular flexibility index (Phi) is 39.3. The van der Waals surface area contributed by atoms with Crippen molar-refractivity contribution in [1.82, 2.24) is 16.0 Å². The lowest BCUT2D eigenvalue weighted by molar-refractivity contribution is -0.157. The van der Waals surface area contributed by atoms with Gasteiger partial charge in [0.15, 0.2) is 0 Å². The number of ether oxygens (including phenoxy) is 3. The molecule has 0 heterocycles. The standard InChI is InChI=1S/C48H89N3O9S/c1-6-8-10-12-14-16-18-20-22-24-26-28-30-32-45(55)58-39-41(59-46(56)33-31-29-27-25-23-21-19-17-15-13-11-9-7-2)40-61-35-34-42(52)49-36-43(53)50-37-44(54)51-38-47(57)60-48(3,4)5/h41H,6-40H2,1-5H3,(H,49,52)(H,50,53)(H,51,54). The van der Waals surface area contributed by atoms with Gasteiger partial charge in [-0.15, -0.1) is 0 Å². The van der Waals surface area contributed by atoms with E-state index in [9.17, 15) is 28.8 Å². The lowest BCUT2D eigenvalue weighted by atomic mass is 10.0. The highest BCUT2D eigenvalue weighted by Gasteiger charge is 2.19. The first kappa shape index (κ1) is 58.2. The third-order valence-electron chi connectivity index (χ3n) is 10.2. The monoisotopic (exact) mass is 884 g/mol. The maximum Gasteiger partial charge on any atom is 0.325 e. The predicted octanol–water partition coefficient (Wildman–Crippen LogP) is 10.2. The summed E-state index contributed by atoms with van der Waals surface area (Å²) < 4.78 is 16.4. The van der Waals surface area contributed by atoms with Crippen molar-refractivity contribution >= 4 is 47.4 Å². The van der Waals surface area contributed by atoms with Gasteiger partial charge < -0.3 is 30.2 Å². The lowest BCUT2D eigenvalue weighted by Crippen LogP contribution is -2.43. The van der Waals surface area contributed by atoms with Crippen molar-refractivity contribution in [3.05, 3.63) is 0 Å². The molecule has 0 fully saturated rings. The van der Waals surface area contributed by atoms with Crippen LogP contribution in [-0.2, 0) is 43.0 Å². The Balaban J connectivity index is 4.51. The van der Waals surface area contributed by atoms with Gasteiger partial charge in [-0.2, -0.15) is 11.8 Å². The summed E-state index contributed by atoms with van der Waals surface area (Å²) in [5.74, 6) is -1.88. The summed E-state index contributed by atoms with van der Waals surface area (Å²) >= 11 is 1.41. The van der Waals surface area contributed by atoms with Gasteiger partial charge in [0.25, 0.3) is 0 Å². The molecule has 0 aromatic carbocycles. The summed E-state index contributed by atoms with van der Waals surface area (Å²) in [5, 5.41) is 7.30. The fourth-order valence-corrected chi connectivity index (χ4v) is 7.62. The number of hydrogen-bond acceptors (Lipinski definition) is 10. The highest BCUT2D eigenvalue weighted by Crippen LogP contribution is 2.16.